The molecule has 3 rings (SSSR count). The Morgan fingerprint density at radius 1 is 0.889 bits per heavy atom. The highest BCUT2D eigenvalue weighted by atomic mass is 16.5. The number of rotatable bonds is 6. The molecule has 0 bridgehead atoms. The van der Waals surface area contributed by atoms with Crippen molar-refractivity contribution in [3.63, 3.8) is 0 Å². The van der Waals surface area contributed by atoms with Crippen LogP contribution in [0.3, 0.4) is 0 Å². The summed E-state index contributed by atoms with van der Waals surface area (Å²) in [5, 5.41) is 0. The Morgan fingerprint density at radius 3 is 2.22 bits per heavy atom. The first-order valence-corrected chi connectivity index (χ1v) is 8.20. The number of benzene rings is 2. The van der Waals surface area contributed by atoms with Gasteiger partial charge in [0, 0.05) is 6.20 Å². The second-order valence-electron chi connectivity index (χ2n) is 5.51. The molecular weight excluding hydrogens is 346 g/mol. The van der Waals surface area contributed by atoms with Gasteiger partial charge >= 0.3 is 11.9 Å². The summed E-state index contributed by atoms with van der Waals surface area (Å²) in [6.07, 6.45) is 1.38. The highest BCUT2D eigenvalue weighted by Crippen LogP contribution is 2.24. The lowest BCUT2D eigenvalue weighted by atomic mass is 10.1. The second-order valence-corrected chi connectivity index (χ2v) is 5.51. The van der Waals surface area contributed by atoms with Crippen molar-refractivity contribution < 1.29 is 23.8 Å². The van der Waals surface area contributed by atoms with Crippen molar-refractivity contribution in [3.05, 3.63) is 89.6 Å². The van der Waals surface area contributed by atoms with E-state index in [0.29, 0.717) is 5.75 Å². The number of hydrogen-bond acceptors (Lipinski definition) is 6. The number of para-hydroxylation sites is 1. The Hall–Kier alpha value is -3.67. The second kappa shape index (κ2) is 8.62. The quantitative estimate of drug-likeness (QED) is 0.491. The summed E-state index contributed by atoms with van der Waals surface area (Å²) < 4.78 is 15.8. The first-order chi connectivity index (χ1) is 13.2. The van der Waals surface area contributed by atoms with E-state index in [0.717, 1.165) is 5.56 Å². The smallest absolute Gasteiger partial charge is 0.349 e. The average Bonchev–Trinajstić information content (AvgIpc) is 2.72. The van der Waals surface area contributed by atoms with Crippen molar-refractivity contribution >= 4 is 11.9 Å². The standard InChI is InChI=1S/C21H17NO5/c1-25-20(23)17-12-13-22-19(26-14-15-8-4-2-5-9-15)18(17)21(24)27-16-10-6-3-7-11-16/h2-13H,14H2,1H3. The summed E-state index contributed by atoms with van der Waals surface area (Å²) in [7, 11) is 1.24. The number of ether oxygens (including phenoxy) is 3. The van der Waals surface area contributed by atoms with Gasteiger partial charge in [0.2, 0.25) is 5.88 Å². The molecule has 0 aliphatic heterocycles. The number of methoxy groups -OCH3 is 1. The summed E-state index contributed by atoms with van der Waals surface area (Å²) >= 11 is 0. The summed E-state index contributed by atoms with van der Waals surface area (Å²) in [5.74, 6) is -1.08. The van der Waals surface area contributed by atoms with E-state index < -0.39 is 11.9 Å². The molecule has 0 unspecified atom stereocenters. The number of carbonyl (C=O) groups is 2. The molecule has 1 aromatic heterocycles. The van der Waals surface area contributed by atoms with Gasteiger partial charge in [0.15, 0.2) is 0 Å². The van der Waals surface area contributed by atoms with E-state index >= 15 is 0 Å². The van der Waals surface area contributed by atoms with E-state index in [2.05, 4.69) is 4.98 Å². The van der Waals surface area contributed by atoms with Gasteiger partial charge in [-0.2, -0.15) is 0 Å². The van der Waals surface area contributed by atoms with Crippen LogP contribution in [0.5, 0.6) is 11.6 Å². The van der Waals surface area contributed by atoms with E-state index in [1.807, 2.05) is 30.3 Å². The van der Waals surface area contributed by atoms with E-state index in [-0.39, 0.29) is 23.6 Å². The molecule has 0 saturated carbocycles. The number of aromatic nitrogens is 1. The Balaban J connectivity index is 1.92. The maximum atomic E-state index is 12.7. The lowest BCUT2D eigenvalue weighted by Gasteiger charge is -2.13. The van der Waals surface area contributed by atoms with Crippen molar-refractivity contribution in [1.29, 1.82) is 0 Å². The Kier molecular flexibility index (Phi) is 5.79. The zero-order valence-electron chi connectivity index (χ0n) is 14.6. The SMILES string of the molecule is COC(=O)c1ccnc(OCc2ccccc2)c1C(=O)Oc1ccccc1. The molecule has 0 spiro atoms. The van der Waals surface area contributed by atoms with Crippen LogP contribution >= 0.6 is 0 Å². The molecule has 0 radical (unpaired) electrons. The van der Waals surface area contributed by atoms with Crippen LogP contribution in [0.1, 0.15) is 26.3 Å². The van der Waals surface area contributed by atoms with Crippen LogP contribution < -0.4 is 9.47 Å². The Labute approximate surface area is 156 Å². The van der Waals surface area contributed by atoms with Gasteiger partial charge in [-0.3, -0.25) is 0 Å². The maximum Gasteiger partial charge on any atom is 0.349 e. The fraction of sp³-hybridized carbons (Fsp3) is 0.0952. The molecule has 0 saturated heterocycles. The molecule has 0 aliphatic rings. The van der Waals surface area contributed by atoms with Gasteiger partial charge in [-0.15, -0.1) is 0 Å². The molecule has 27 heavy (non-hydrogen) atoms. The zero-order chi connectivity index (χ0) is 19.1. The molecule has 6 heteroatoms. The highest BCUT2D eigenvalue weighted by Gasteiger charge is 2.25. The van der Waals surface area contributed by atoms with Gasteiger partial charge in [-0.1, -0.05) is 48.5 Å². The number of pyridine rings is 1. The molecule has 0 fully saturated rings. The zero-order valence-corrected chi connectivity index (χ0v) is 14.6. The number of carbonyl (C=O) groups excluding carboxylic acids is 2. The van der Waals surface area contributed by atoms with E-state index in [9.17, 15) is 9.59 Å². The predicted molar refractivity (Wildman–Crippen MR) is 97.8 cm³/mol. The van der Waals surface area contributed by atoms with E-state index in [1.54, 1.807) is 30.3 Å². The topological polar surface area (TPSA) is 74.7 Å². The van der Waals surface area contributed by atoms with Crippen LogP contribution in [0.2, 0.25) is 0 Å². The van der Waals surface area contributed by atoms with Crippen molar-refractivity contribution in [3.8, 4) is 11.6 Å². The number of hydrogen-bond donors (Lipinski definition) is 0. The highest BCUT2D eigenvalue weighted by molar-refractivity contribution is 6.05. The fourth-order valence-corrected chi connectivity index (χ4v) is 2.40. The van der Waals surface area contributed by atoms with E-state index in [4.69, 9.17) is 14.2 Å². The Morgan fingerprint density at radius 2 is 1.56 bits per heavy atom. The lowest BCUT2D eigenvalue weighted by molar-refractivity contribution is 0.0585. The van der Waals surface area contributed by atoms with Crippen LogP contribution in [0.25, 0.3) is 0 Å². The minimum Gasteiger partial charge on any atom is -0.472 e. The van der Waals surface area contributed by atoms with Crippen LogP contribution in [-0.4, -0.2) is 24.0 Å². The Bertz CT molecular complexity index is 926. The molecule has 0 atom stereocenters. The average molecular weight is 363 g/mol. The van der Waals surface area contributed by atoms with Crippen LogP contribution in [0, 0.1) is 0 Å². The van der Waals surface area contributed by atoms with Crippen LogP contribution in [0.4, 0.5) is 0 Å². The van der Waals surface area contributed by atoms with Crippen molar-refractivity contribution in [2.45, 2.75) is 6.61 Å². The molecule has 136 valence electrons. The molecule has 0 N–H and O–H groups in total. The molecular formula is C21H17NO5. The summed E-state index contributed by atoms with van der Waals surface area (Å²) in [6.45, 7) is 0.185. The summed E-state index contributed by atoms with van der Waals surface area (Å²) in [5.41, 5.74) is 0.839. The third kappa shape index (κ3) is 4.49. The van der Waals surface area contributed by atoms with Gasteiger partial charge < -0.3 is 14.2 Å². The van der Waals surface area contributed by atoms with Crippen LogP contribution in [-0.2, 0) is 11.3 Å². The predicted octanol–water partition coefficient (Wildman–Crippen LogP) is 3.67. The summed E-state index contributed by atoms with van der Waals surface area (Å²) in [6, 6.07) is 19.3. The molecule has 3 aromatic rings. The monoisotopic (exact) mass is 363 g/mol. The summed E-state index contributed by atoms with van der Waals surface area (Å²) in [4.78, 5) is 28.9. The molecule has 0 amide bonds. The number of esters is 2. The first kappa shape index (κ1) is 18.1. The molecule has 2 aromatic carbocycles. The largest absolute Gasteiger partial charge is 0.472 e. The maximum absolute atomic E-state index is 12.7. The van der Waals surface area contributed by atoms with E-state index in [1.165, 1.54) is 19.4 Å². The third-order valence-electron chi connectivity index (χ3n) is 3.70. The van der Waals surface area contributed by atoms with Crippen molar-refractivity contribution in [1.82, 2.24) is 4.98 Å². The fourth-order valence-electron chi connectivity index (χ4n) is 2.40. The van der Waals surface area contributed by atoms with Crippen molar-refractivity contribution in [2.24, 2.45) is 0 Å². The minimum atomic E-state index is -0.752. The van der Waals surface area contributed by atoms with Gasteiger partial charge in [-0.25, -0.2) is 14.6 Å². The van der Waals surface area contributed by atoms with Crippen molar-refractivity contribution in [2.75, 3.05) is 7.11 Å². The normalized spacial score (nSPS) is 10.1. The van der Waals surface area contributed by atoms with Gasteiger partial charge in [0.25, 0.3) is 0 Å². The number of nitrogens with zero attached hydrogens (tertiary/aromatic N) is 1. The molecule has 0 aliphatic carbocycles. The van der Waals surface area contributed by atoms with Gasteiger partial charge in [0.1, 0.15) is 17.9 Å². The first-order valence-electron chi connectivity index (χ1n) is 8.20. The van der Waals surface area contributed by atoms with Gasteiger partial charge in [0.05, 0.1) is 12.7 Å². The van der Waals surface area contributed by atoms with Crippen LogP contribution in [0.15, 0.2) is 72.9 Å². The molecule has 1 heterocycles. The lowest BCUT2D eigenvalue weighted by Crippen LogP contribution is -2.18. The minimum absolute atomic E-state index is 0.00249. The third-order valence-corrected chi connectivity index (χ3v) is 3.70. The molecule has 6 nitrogen and oxygen atoms in total. The van der Waals surface area contributed by atoms with Gasteiger partial charge in [-0.05, 0) is 23.8 Å².